The summed E-state index contributed by atoms with van der Waals surface area (Å²) in [6.07, 6.45) is 2.43. The lowest BCUT2D eigenvalue weighted by Crippen LogP contribution is -2.49. The average Bonchev–Trinajstić information content (AvgIpc) is 2.87. The maximum atomic E-state index is 13.3. The summed E-state index contributed by atoms with van der Waals surface area (Å²) in [4.78, 5) is 37.9. The second-order valence-corrected chi connectivity index (χ2v) is 10.0. The van der Waals surface area contributed by atoms with E-state index in [1.165, 1.54) is 0 Å². The van der Waals surface area contributed by atoms with Crippen LogP contribution >= 0.6 is 0 Å². The van der Waals surface area contributed by atoms with Crippen LogP contribution in [0, 0.1) is 17.8 Å². The summed E-state index contributed by atoms with van der Waals surface area (Å²) >= 11 is 0. The van der Waals surface area contributed by atoms with Crippen molar-refractivity contribution in [2.75, 3.05) is 6.54 Å². The largest absolute Gasteiger partial charge is 0.461 e. The fourth-order valence-corrected chi connectivity index (χ4v) is 4.70. The molecule has 7 heteroatoms. The second kappa shape index (κ2) is 13.7. The van der Waals surface area contributed by atoms with Gasteiger partial charge in [0.2, 0.25) is 5.91 Å². The summed E-state index contributed by atoms with van der Waals surface area (Å²) in [6.45, 7) is 6.30. The second-order valence-electron chi connectivity index (χ2n) is 10.0. The van der Waals surface area contributed by atoms with E-state index in [-0.39, 0.29) is 19.3 Å². The predicted molar refractivity (Wildman–Crippen MR) is 138 cm³/mol. The van der Waals surface area contributed by atoms with Gasteiger partial charge in [0.1, 0.15) is 25.3 Å². The van der Waals surface area contributed by atoms with Crippen LogP contribution in [0.1, 0.15) is 51.2 Å². The van der Waals surface area contributed by atoms with Gasteiger partial charge in [-0.1, -0.05) is 87.9 Å². The molecule has 7 nitrogen and oxygen atoms in total. The highest BCUT2D eigenvalue weighted by Crippen LogP contribution is 2.35. The van der Waals surface area contributed by atoms with Crippen LogP contribution in [0.4, 0.5) is 4.79 Å². The van der Waals surface area contributed by atoms with Gasteiger partial charge in [0.25, 0.3) is 0 Å². The molecule has 4 atom stereocenters. The number of hydrogen-bond donors (Lipinski definition) is 2. The summed E-state index contributed by atoms with van der Waals surface area (Å²) in [5.41, 5.74) is 1.76. The Hall–Kier alpha value is -3.35. The Morgan fingerprint density at radius 3 is 2.22 bits per heavy atom. The number of esters is 1. The van der Waals surface area contributed by atoms with Crippen LogP contribution in [-0.2, 0) is 32.1 Å². The van der Waals surface area contributed by atoms with Gasteiger partial charge >= 0.3 is 12.1 Å². The number of carbonyl (C=O) groups is 3. The number of ether oxygens (including phenoxy) is 2. The Morgan fingerprint density at radius 2 is 1.58 bits per heavy atom. The van der Waals surface area contributed by atoms with E-state index in [1.807, 2.05) is 60.7 Å². The molecule has 1 fully saturated rings. The molecule has 194 valence electrons. The normalized spacial score (nSPS) is 20.3. The van der Waals surface area contributed by atoms with Crippen molar-refractivity contribution in [2.45, 2.75) is 65.2 Å². The topological polar surface area (TPSA) is 93.7 Å². The third-order valence-electron chi connectivity index (χ3n) is 6.74. The van der Waals surface area contributed by atoms with Crippen molar-refractivity contribution >= 4 is 18.0 Å². The molecule has 0 radical (unpaired) electrons. The van der Waals surface area contributed by atoms with E-state index in [1.54, 1.807) is 0 Å². The van der Waals surface area contributed by atoms with Crippen LogP contribution in [0.2, 0.25) is 0 Å². The van der Waals surface area contributed by atoms with Crippen LogP contribution in [0.3, 0.4) is 0 Å². The van der Waals surface area contributed by atoms with E-state index in [4.69, 9.17) is 9.47 Å². The fraction of sp³-hybridized carbons (Fsp3) is 0.483. The molecule has 0 saturated heterocycles. The van der Waals surface area contributed by atoms with Crippen molar-refractivity contribution in [2.24, 2.45) is 17.8 Å². The molecule has 0 unspecified atom stereocenters. The Labute approximate surface area is 213 Å². The number of rotatable bonds is 10. The fourth-order valence-electron chi connectivity index (χ4n) is 4.70. The van der Waals surface area contributed by atoms with Crippen molar-refractivity contribution in [3.8, 4) is 0 Å². The molecule has 0 bridgehead atoms. The van der Waals surface area contributed by atoms with Crippen LogP contribution < -0.4 is 10.6 Å². The summed E-state index contributed by atoms with van der Waals surface area (Å²) < 4.78 is 11.2. The van der Waals surface area contributed by atoms with Crippen molar-refractivity contribution in [3.63, 3.8) is 0 Å². The molecule has 0 spiro atoms. The average molecular weight is 495 g/mol. The van der Waals surface area contributed by atoms with Gasteiger partial charge in [-0.2, -0.15) is 0 Å². The molecule has 0 aliphatic heterocycles. The summed E-state index contributed by atoms with van der Waals surface area (Å²) in [6, 6.07) is 17.9. The zero-order valence-electron chi connectivity index (χ0n) is 21.4. The lowest BCUT2D eigenvalue weighted by Gasteiger charge is -2.37. The molecule has 2 aromatic carbocycles. The summed E-state index contributed by atoms with van der Waals surface area (Å²) in [7, 11) is 0. The van der Waals surface area contributed by atoms with E-state index in [2.05, 4.69) is 31.4 Å². The number of amides is 2. The highest BCUT2D eigenvalue weighted by atomic mass is 16.6. The maximum Gasteiger partial charge on any atom is 0.407 e. The quantitative estimate of drug-likeness (QED) is 0.469. The lowest BCUT2D eigenvalue weighted by atomic mass is 9.75. The van der Waals surface area contributed by atoms with Crippen LogP contribution in [0.15, 0.2) is 60.7 Å². The molecule has 2 amide bonds. The molecule has 0 heterocycles. The van der Waals surface area contributed by atoms with Crippen molar-refractivity contribution < 1.29 is 23.9 Å². The molecule has 36 heavy (non-hydrogen) atoms. The maximum absolute atomic E-state index is 13.3. The highest BCUT2D eigenvalue weighted by Gasteiger charge is 2.35. The molecule has 2 aromatic rings. The van der Waals surface area contributed by atoms with Crippen LogP contribution in [0.25, 0.3) is 0 Å². The number of carbonyl (C=O) groups excluding carboxylic acids is 3. The molecular weight excluding hydrogens is 456 g/mol. The molecular formula is C29H38N2O5. The first-order valence-corrected chi connectivity index (χ1v) is 12.8. The Balaban J connectivity index is 1.58. The van der Waals surface area contributed by atoms with E-state index in [9.17, 15) is 14.4 Å². The number of hydrogen-bond acceptors (Lipinski definition) is 5. The Bertz CT molecular complexity index is 980. The number of nitrogens with one attached hydrogen (secondary N) is 2. The number of benzene rings is 2. The lowest BCUT2D eigenvalue weighted by molar-refractivity contribution is -0.159. The molecule has 2 N–H and O–H groups in total. The first-order chi connectivity index (χ1) is 17.3. The van der Waals surface area contributed by atoms with E-state index in [0.29, 0.717) is 24.2 Å². The van der Waals surface area contributed by atoms with Crippen LogP contribution in [0.5, 0.6) is 0 Å². The first kappa shape index (κ1) is 27.2. The van der Waals surface area contributed by atoms with Crippen molar-refractivity contribution in [1.82, 2.24) is 10.6 Å². The molecule has 1 saturated carbocycles. The third-order valence-corrected chi connectivity index (χ3v) is 6.74. The summed E-state index contributed by atoms with van der Waals surface area (Å²) in [5, 5.41) is 5.20. The molecule has 3 rings (SSSR count). The van der Waals surface area contributed by atoms with Gasteiger partial charge in [0.15, 0.2) is 0 Å². The SMILES string of the molecule is CC(C)[C@@H]1CC[C@@H](C)C[C@H]1OC(=O)[C@H](Cc1ccccc1)NC(=O)CNC(=O)OCc1ccccc1. The smallest absolute Gasteiger partial charge is 0.407 e. The Kier molecular flexibility index (Phi) is 10.3. The van der Waals surface area contributed by atoms with Gasteiger partial charge in [-0.15, -0.1) is 0 Å². The Morgan fingerprint density at radius 1 is 0.944 bits per heavy atom. The molecule has 1 aliphatic carbocycles. The van der Waals surface area contributed by atoms with E-state index in [0.717, 1.165) is 30.4 Å². The van der Waals surface area contributed by atoms with Crippen molar-refractivity contribution in [3.05, 3.63) is 71.8 Å². The highest BCUT2D eigenvalue weighted by molar-refractivity contribution is 5.87. The monoisotopic (exact) mass is 494 g/mol. The minimum atomic E-state index is -0.855. The van der Waals surface area contributed by atoms with Gasteiger partial charge < -0.3 is 20.1 Å². The minimum Gasteiger partial charge on any atom is -0.461 e. The predicted octanol–water partition coefficient (Wildman–Crippen LogP) is 4.64. The van der Waals surface area contributed by atoms with Crippen LogP contribution in [-0.4, -0.2) is 36.7 Å². The van der Waals surface area contributed by atoms with Gasteiger partial charge in [-0.05, 0) is 41.7 Å². The molecule has 0 aromatic heterocycles. The summed E-state index contributed by atoms with van der Waals surface area (Å²) in [5.74, 6) is 0.277. The van der Waals surface area contributed by atoms with Crippen molar-refractivity contribution in [1.29, 1.82) is 0 Å². The number of alkyl carbamates (subject to hydrolysis) is 1. The zero-order valence-corrected chi connectivity index (χ0v) is 21.4. The zero-order chi connectivity index (χ0) is 25.9. The molecule has 1 aliphatic rings. The van der Waals surface area contributed by atoms with E-state index >= 15 is 0 Å². The van der Waals surface area contributed by atoms with Gasteiger partial charge in [-0.25, -0.2) is 9.59 Å². The van der Waals surface area contributed by atoms with E-state index < -0.39 is 24.0 Å². The van der Waals surface area contributed by atoms with Gasteiger partial charge in [0, 0.05) is 6.42 Å². The minimum absolute atomic E-state index is 0.105. The van der Waals surface area contributed by atoms with Gasteiger partial charge in [-0.3, -0.25) is 4.79 Å². The van der Waals surface area contributed by atoms with Gasteiger partial charge in [0.05, 0.1) is 0 Å². The first-order valence-electron chi connectivity index (χ1n) is 12.8. The third kappa shape index (κ3) is 8.70. The standard InChI is InChI=1S/C29H38N2O5/c1-20(2)24-15-14-21(3)16-26(24)36-28(33)25(17-22-10-6-4-7-11-22)31-27(32)18-30-29(34)35-19-23-12-8-5-9-13-23/h4-13,20-21,24-26H,14-19H2,1-3H3,(H,30,34)(H,31,32)/t21-,24+,25+,26-/m1/s1.